The molecule has 4 heterocycles. The van der Waals surface area contributed by atoms with Crippen LogP contribution in [0.3, 0.4) is 0 Å². The van der Waals surface area contributed by atoms with Crippen LogP contribution in [0.5, 0.6) is 5.75 Å². The number of para-hydroxylation sites is 1. The minimum atomic E-state index is -0.375. The fourth-order valence-electron chi connectivity index (χ4n) is 11.2. The summed E-state index contributed by atoms with van der Waals surface area (Å²) in [6, 6.07) is 63.1. The van der Waals surface area contributed by atoms with Gasteiger partial charge in [0, 0.05) is 50.4 Å². The molecule has 0 aliphatic heterocycles. The molecule has 0 saturated carbocycles. The van der Waals surface area contributed by atoms with Crippen molar-refractivity contribution in [3.63, 3.8) is 0 Å². The van der Waals surface area contributed by atoms with Gasteiger partial charge < -0.3 is 9.52 Å². The van der Waals surface area contributed by atoms with Gasteiger partial charge in [0.05, 0.1) is 33.5 Å². The molecule has 406 valence electrons. The Morgan fingerprint density at radius 1 is 0.463 bits per heavy atom. The molecule has 0 unspecified atom stereocenters. The fraction of sp³-hybridized carbons (Fsp3) is 0.219. The maximum atomic E-state index is 12.7. The van der Waals surface area contributed by atoms with Gasteiger partial charge in [0.15, 0.2) is 22.8 Å². The third-order valence-electron chi connectivity index (χ3n) is 15.9. The van der Waals surface area contributed by atoms with Gasteiger partial charge in [0.2, 0.25) is 0 Å². The van der Waals surface area contributed by atoms with Crippen LogP contribution >= 0.6 is 0 Å². The van der Waals surface area contributed by atoms with E-state index in [4.69, 9.17) is 24.6 Å². The van der Waals surface area contributed by atoms with Gasteiger partial charge in [-0.25, -0.2) is 4.98 Å². The van der Waals surface area contributed by atoms with Crippen molar-refractivity contribution in [2.45, 2.75) is 105 Å². The Morgan fingerprint density at radius 3 is 1.65 bits per heavy atom. The number of nitriles is 1. The molecule has 9 nitrogen and oxygen atoms in total. The number of fused-ring (bicyclic) bond motifs is 4. The summed E-state index contributed by atoms with van der Waals surface area (Å²) < 4.78 is 11.2. The van der Waals surface area contributed by atoms with Crippen LogP contribution in [0.2, 0.25) is 0 Å². The average molecular weight is 1070 g/mol. The number of hydrogen-bond acceptors (Lipinski definition) is 7. The van der Waals surface area contributed by atoms with Crippen LogP contribution in [0, 0.1) is 11.3 Å². The number of aromatic hydroxyl groups is 1. The number of rotatable bonds is 8. The molecule has 0 spiro atoms. The van der Waals surface area contributed by atoms with Crippen molar-refractivity contribution >= 4 is 33.0 Å². The van der Waals surface area contributed by atoms with Crippen LogP contribution in [0.25, 0.3) is 112 Å². The first-order valence-corrected chi connectivity index (χ1v) is 28.2. The third-order valence-corrected chi connectivity index (χ3v) is 15.9. The summed E-state index contributed by atoms with van der Waals surface area (Å²) in [4.78, 5) is 10.9. The molecule has 0 amide bonds. The molecule has 0 saturated heterocycles. The summed E-state index contributed by atoms with van der Waals surface area (Å²) >= 11 is 0. The van der Waals surface area contributed by atoms with Crippen LogP contribution < -0.4 is 0 Å². The van der Waals surface area contributed by atoms with Gasteiger partial charge in [-0.1, -0.05) is 204 Å². The van der Waals surface area contributed by atoms with Gasteiger partial charge in [-0.05, 0) is 104 Å². The van der Waals surface area contributed by atoms with Gasteiger partial charge in [-0.2, -0.15) is 5.26 Å². The Balaban J connectivity index is 1.10. The van der Waals surface area contributed by atoms with Gasteiger partial charge >= 0.3 is 0 Å². The quantitative estimate of drug-likeness (QED) is 0.161. The summed E-state index contributed by atoms with van der Waals surface area (Å²) in [6.45, 7) is 26.5. The Morgan fingerprint density at radius 2 is 1.05 bits per heavy atom. The van der Waals surface area contributed by atoms with E-state index in [2.05, 4.69) is 197 Å². The third kappa shape index (κ3) is 9.42. The SMILES string of the molecule is CC(C)(C)c1cc(-c2cccc3c2nc(-c2cc(C(C)(C)C)cc(C(C)(C)C)c2O)n3-c2ccc(C(C)(C)C)cc2-c2ccccc2)cc(-c2nccc3c2oc2c(C#N)cc(-n4c(-c5ccccc5)nnc4-c4ccccc4)cc23)c1. The fourth-order valence-corrected chi connectivity index (χ4v) is 11.2. The minimum absolute atomic E-state index is 0.119. The highest BCUT2D eigenvalue weighted by Gasteiger charge is 2.31. The average Bonchev–Trinajstić information content (AvgIpc) is 3.90. The minimum Gasteiger partial charge on any atom is -0.507 e. The van der Waals surface area contributed by atoms with Crippen molar-refractivity contribution in [2.75, 3.05) is 0 Å². The highest BCUT2D eigenvalue weighted by atomic mass is 16.3. The Labute approximate surface area is 480 Å². The second kappa shape index (κ2) is 19.7. The van der Waals surface area contributed by atoms with Crippen molar-refractivity contribution in [1.29, 1.82) is 5.26 Å². The van der Waals surface area contributed by atoms with E-state index in [9.17, 15) is 10.4 Å². The molecular formula is C73H67N7O2. The second-order valence-electron chi connectivity index (χ2n) is 25.8. The Hall–Kier alpha value is -9.39. The topological polar surface area (TPSA) is 119 Å². The number of imidazole rings is 1. The predicted molar refractivity (Wildman–Crippen MR) is 335 cm³/mol. The normalized spacial score (nSPS) is 12.4. The van der Waals surface area contributed by atoms with E-state index in [0.717, 1.165) is 88.8 Å². The zero-order valence-corrected chi connectivity index (χ0v) is 48.8. The van der Waals surface area contributed by atoms with Gasteiger partial charge in [-0.15, -0.1) is 10.2 Å². The molecule has 8 aromatic carbocycles. The number of phenols is 1. The lowest BCUT2D eigenvalue weighted by molar-refractivity contribution is 0.446. The molecule has 12 rings (SSSR count). The molecule has 12 aromatic rings. The second-order valence-corrected chi connectivity index (χ2v) is 25.8. The number of aromatic nitrogens is 6. The van der Waals surface area contributed by atoms with Gasteiger partial charge in [0.1, 0.15) is 23.3 Å². The van der Waals surface area contributed by atoms with E-state index in [1.165, 1.54) is 5.56 Å². The molecule has 0 fully saturated rings. The van der Waals surface area contributed by atoms with E-state index in [1.807, 2.05) is 83.6 Å². The van der Waals surface area contributed by atoms with E-state index >= 15 is 0 Å². The van der Waals surface area contributed by atoms with Crippen LogP contribution in [0.1, 0.15) is 111 Å². The maximum absolute atomic E-state index is 12.7. The van der Waals surface area contributed by atoms with Gasteiger partial charge in [-0.3, -0.25) is 14.1 Å². The first kappa shape index (κ1) is 53.3. The molecule has 82 heavy (non-hydrogen) atoms. The lowest BCUT2D eigenvalue weighted by Crippen LogP contribution is -2.17. The smallest absolute Gasteiger partial charge is 0.168 e. The van der Waals surface area contributed by atoms with E-state index in [1.54, 1.807) is 0 Å². The summed E-state index contributed by atoms with van der Waals surface area (Å²) in [5, 5.41) is 34.7. The van der Waals surface area contributed by atoms with Crippen molar-refractivity contribution in [3.8, 4) is 90.9 Å². The molecule has 9 heteroatoms. The largest absolute Gasteiger partial charge is 0.507 e. The van der Waals surface area contributed by atoms with Crippen LogP contribution in [-0.4, -0.2) is 34.4 Å². The molecule has 1 N–H and O–H groups in total. The van der Waals surface area contributed by atoms with E-state index in [0.29, 0.717) is 45.5 Å². The van der Waals surface area contributed by atoms with Crippen LogP contribution in [-0.2, 0) is 21.7 Å². The Kier molecular flexibility index (Phi) is 12.8. The zero-order chi connectivity index (χ0) is 57.6. The van der Waals surface area contributed by atoms with Crippen molar-refractivity contribution in [1.82, 2.24) is 29.3 Å². The standard InChI is InChI=1S/C73H67N7O2/c1-70(2,3)50-31-32-60(56(39-50)44-23-16-13-17-24-44)80-61-30-22-29-54(63(61)76-69(80)58-40-52(72(7,8)9)41-59(64(58)81)73(10,11)12)47-35-48(37-51(36-47)71(4,5)6)62-66-55(33-34-75-62)57-42-53(38-49(43-74)65(57)82-66)79-67(45-25-18-14-19-26-45)77-78-68(79)46-27-20-15-21-28-46/h13-42,81H,1-12H3. The summed E-state index contributed by atoms with van der Waals surface area (Å²) in [7, 11) is 0. The number of hydrogen-bond donors (Lipinski definition) is 1. The molecular weight excluding hydrogens is 1010 g/mol. The number of phenolic OH excluding ortho intramolecular Hbond substituents is 1. The number of nitrogens with zero attached hydrogens (tertiary/aromatic N) is 7. The lowest BCUT2D eigenvalue weighted by atomic mass is 9.79. The number of furan rings is 1. The summed E-state index contributed by atoms with van der Waals surface area (Å²) in [5.41, 5.74) is 16.0. The van der Waals surface area contributed by atoms with E-state index in [-0.39, 0.29) is 27.4 Å². The van der Waals surface area contributed by atoms with Crippen molar-refractivity contribution in [3.05, 3.63) is 210 Å². The lowest BCUT2D eigenvalue weighted by Gasteiger charge is -2.28. The van der Waals surface area contributed by atoms with E-state index < -0.39 is 0 Å². The highest BCUT2D eigenvalue weighted by molar-refractivity contribution is 6.11. The van der Waals surface area contributed by atoms with Gasteiger partial charge in [0.25, 0.3) is 0 Å². The first-order valence-electron chi connectivity index (χ1n) is 28.2. The first-order chi connectivity index (χ1) is 39.1. The van der Waals surface area contributed by atoms with Crippen molar-refractivity contribution < 1.29 is 9.52 Å². The van der Waals surface area contributed by atoms with Crippen LogP contribution in [0.15, 0.2) is 187 Å². The Bertz CT molecular complexity index is 4430. The monoisotopic (exact) mass is 1070 g/mol. The highest BCUT2D eigenvalue weighted by Crippen LogP contribution is 2.47. The summed E-state index contributed by atoms with van der Waals surface area (Å²) in [5.74, 6) is 2.16. The number of benzene rings is 8. The molecule has 0 radical (unpaired) electrons. The molecule has 0 atom stereocenters. The molecule has 4 aromatic heterocycles. The molecule has 0 bridgehead atoms. The van der Waals surface area contributed by atoms with Crippen LogP contribution in [0.4, 0.5) is 0 Å². The van der Waals surface area contributed by atoms with Crippen molar-refractivity contribution in [2.24, 2.45) is 0 Å². The predicted octanol–water partition coefficient (Wildman–Crippen LogP) is 18.7. The maximum Gasteiger partial charge on any atom is 0.168 e. The zero-order valence-electron chi connectivity index (χ0n) is 48.8. The molecule has 0 aliphatic rings. The number of pyridine rings is 1. The molecule has 0 aliphatic carbocycles. The summed E-state index contributed by atoms with van der Waals surface area (Å²) in [6.07, 6.45) is 1.83.